The molecule has 0 saturated carbocycles. The van der Waals surface area contributed by atoms with Crippen molar-refractivity contribution in [3.05, 3.63) is 64.7 Å². The Morgan fingerprint density at radius 2 is 2.00 bits per heavy atom. The summed E-state index contributed by atoms with van der Waals surface area (Å²) in [6.45, 7) is 2.81. The van der Waals surface area contributed by atoms with Crippen LogP contribution in [0.3, 0.4) is 0 Å². The van der Waals surface area contributed by atoms with E-state index in [-0.39, 0.29) is 24.4 Å². The highest BCUT2D eigenvalue weighted by molar-refractivity contribution is 5.97. The molecule has 0 saturated heterocycles. The van der Waals surface area contributed by atoms with E-state index in [0.29, 0.717) is 12.6 Å². The normalized spacial score (nSPS) is 13.2. The van der Waals surface area contributed by atoms with Crippen LogP contribution in [-0.2, 0) is 17.6 Å². The van der Waals surface area contributed by atoms with E-state index in [4.69, 9.17) is 0 Å². The van der Waals surface area contributed by atoms with Crippen LogP contribution in [0.5, 0.6) is 0 Å². The van der Waals surface area contributed by atoms with Crippen molar-refractivity contribution in [2.45, 2.75) is 32.6 Å². The smallest absolute Gasteiger partial charge is 0.254 e. The number of amides is 2. The first-order chi connectivity index (χ1) is 13.0. The van der Waals surface area contributed by atoms with Crippen molar-refractivity contribution in [3.8, 4) is 0 Å². The van der Waals surface area contributed by atoms with Gasteiger partial charge in [-0.3, -0.25) is 9.59 Å². The van der Waals surface area contributed by atoms with Gasteiger partial charge in [-0.15, -0.1) is 0 Å². The molecule has 0 aliphatic carbocycles. The van der Waals surface area contributed by atoms with Crippen LogP contribution in [-0.4, -0.2) is 24.9 Å². The van der Waals surface area contributed by atoms with Gasteiger partial charge in [-0.05, 0) is 42.5 Å². The summed E-state index contributed by atoms with van der Waals surface area (Å²) in [7, 11) is 0. The van der Waals surface area contributed by atoms with Gasteiger partial charge in [0.2, 0.25) is 5.91 Å². The predicted molar refractivity (Wildman–Crippen MR) is 99.8 cm³/mol. The van der Waals surface area contributed by atoms with Crippen LogP contribution in [0.4, 0.5) is 14.5 Å². The van der Waals surface area contributed by atoms with Crippen LogP contribution in [0.15, 0.2) is 36.4 Å². The molecule has 0 atom stereocenters. The lowest BCUT2D eigenvalue weighted by Crippen LogP contribution is -2.38. The van der Waals surface area contributed by atoms with Gasteiger partial charge in [0, 0.05) is 31.3 Å². The third kappa shape index (κ3) is 4.15. The molecule has 142 valence electrons. The third-order valence-corrected chi connectivity index (χ3v) is 4.78. The fourth-order valence-electron chi connectivity index (χ4n) is 3.45. The fraction of sp³-hybridized carbons (Fsp3) is 0.333. The Morgan fingerprint density at radius 3 is 2.74 bits per heavy atom. The Kier molecular flexibility index (Phi) is 5.84. The zero-order valence-electron chi connectivity index (χ0n) is 15.2. The zero-order valence-corrected chi connectivity index (χ0v) is 15.2. The monoisotopic (exact) mass is 372 g/mol. The lowest BCUT2D eigenvalue weighted by atomic mass is 9.96. The largest absolute Gasteiger partial charge is 0.351 e. The highest BCUT2D eigenvalue weighted by Crippen LogP contribution is 2.31. The number of nitrogens with zero attached hydrogens (tertiary/aromatic N) is 1. The van der Waals surface area contributed by atoms with Crippen LogP contribution in [0.2, 0.25) is 0 Å². The number of hydrogen-bond acceptors (Lipinski definition) is 2. The topological polar surface area (TPSA) is 49.4 Å². The summed E-state index contributed by atoms with van der Waals surface area (Å²) >= 11 is 0. The Morgan fingerprint density at radius 1 is 1.19 bits per heavy atom. The molecule has 3 rings (SSSR count). The lowest BCUT2D eigenvalue weighted by Gasteiger charge is -2.31. The van der Waals surface area contributed by atoms with Gasteiger partial charge in [0.25, 0.3) is 5.91 Å². The molecule has 0 fully saturated rings. The maximum absolute atomic E-state index is 13.7. The van der Waals surface area contributed by atoms with E-state index in [2.05, 4.69) is 12.2 Å². The first kappa shape index (κ1) is 19.0. The third-order valence-electron chi connectivity index (χ3n) is 4.78. The summed E-state index contributed by atoms with van der Waals surface area (Å²) in [5, 5.41) is 2.53. The average Bonchev–Trinajstić information content (AvgIpc) is 2.66. The van der Waals surface area contributed by atoms with Crippen molar-refractivity contribution in [3.63, 3.8) is 0 Å². The van der Waals surface area contributed by atoms with E-state index in [1.54, 1.807) is 4.90 Å². The molecule has 1 N–H and O–H groups in total. The van der Waals surface area contributed by atoms with Gasteiger partial charge in [0.15, 0.2) is 0 Å². The van der Waals surface area contributed by atoms with Crippen LogP contribution >= 0.6 is 0 Å². The first-order valence-electron chi connectivity index (χ1n) is 9.15. The number of hydrogen-bond donors (Lipinski definition) is 1. The maximum atomic E-state index is 13.7. The Hall–Kier alpha value is -2.76. The molecule has 2 aromatic carbocycles. The number of nitrogens with one attached hydrogen (secondary N) is 1. The summed E-state index contributed by atoms with van der Waals surface area (Å²) in [6, 6.07) is 8.88. The average molecular weight is 372 g/mol. The first-order valence-corrected chi connectivity index (χ1v) is 9.15. The summed E-state index contributed by atoms with van der Waals surface area (Å²) in [6.07, 6.45) is 2.81. The molecular formula is C21H22F2N2O2. The molecule has 1 aliphatic rings. The van der Waals surface area contributed by atoms with Crippen LogP contribution in [0.25, 0.3) is 0 Å². The molecule has 0 aromatic heterocycles. The minimum Gasteiger partial charge on any atom is -0.351 e. The summed E-state index contributed by atoms with van der Waals surface area (Å²) in [4.78, 5) is 26.5. The van der Waals surface area contributed by atoms with Crippen LogP contribution in [0.1, 0.15) is 41.3 Å². The maximum Gasteiger partial charge on any atom is 0.254 e. The standard InChI is InChI=1S/C21H22F2N2O2/c1-2-14-5-3-6-15-7-4-12-25(20(14)15)19(26)10-11-24-21(27)17-9-8-16(22)13-18(17)23/h3,5-6,8-9,13H,2,4,7,10-12H2,1H3,(H,24,27). The van der Waals surface area contributed by atoms with Crippen molar-refractivity contribution < 1.29 is 18.4 Å². The molecule has 0 unspecified atom stereocenters. The number of fused-ring (bicyclic) bond motifs is 1. The molecule has 1 aliphatic heterocycles. The number of rotatable bonds is 5. The van der Waals surface area contributed by atoms with E-state index in [0.717, 1.165) is 42.6 Å². The van der Waals surface area contributed by atoms with Crippen LogP contribution in [0, 0.1) is 11.6 Å². The highest BCUT2D eigenvalue weighted by atomic mass is 19.1. The second kappa shape index (κ2) is 8.29. The van der Waals surface area contributed by atoms with Crippen molar-refractivity contribution in [2.75, 3.05) is 18.0 Å². The van der Waals surface area contributed by atoms with Gasteiger partial charge in [0.05, 0.1) is 5.56 Å². The van der Waals surface area contributed by atoms with E-state index in [1.165, 1.54) is 5.56 Å². The van der Waals surface area contributed by atoms with Crippen molar-refractivity contribution in [1.82, 2.24) is 5.32 Å². The quantitative estimate of drug-likeness (QED) is 0.871. The van der Waals surface area contributed by atoms with Crippen molar-refractivity contribution >= 4 is 17.5 Å². The van der Waals surface area contributed by atoms with Gasteiger partial charge < -0.3 is 10.2 Å². The van der Waals surface area contributed by atoms with Crippen LogP contribution < -0.4 is 10.2 Å². The summed E-state index contributed by atoms with van der Waals surface area (Å²) in [5.41, 5.74) is 3.07. The predicted octanol–water partition coefficient (Wildman–Crippen LogP) is 3.63. The van der Waals surface area contributed by atoms with E-state index in [1.807, 2.05) is 18.2 Å². The fourth-order valence-corrected chi connectivity index (χ4v) is 3.45. The number of halogens is 2. The van der Waals surface area contributed by atoms with E-state index >= 15 is 0 Å². The Balaban J connectivity index is 1.63. The van der Waals surface area contributed by atoms with Gasteiger partial charge in [-0.2, -0.15) is 0 Å². The van der Waals surface area contributed by atoms with Crippen molar-refractivity contribution in [1.29, 1.82) is 0 Å². The van der Waals surface area contributed by atoms with Gasteiger partial charge in [-0.25, -0.2) is 8.78 Å². The minimum absolute atomic E-state index is 0.0725. The van der Waals surface area contributed by atoms with E-state index < -0.39 is 17.5 Å². The zero-order chi connectivity index (χ0) is 19.4. The second-order valence-electron chi connectivity index (χ2n) is 6.56. The summed E-state index contributed by atoms with van der Waals surface area (Å²) < 4.78 is 26.6. The number of aryl methyl sites for hydroxylation is 2. The molecule has 0 spiro atoms. The molecule has 4 nitrogen and oxygen atoms in total. The Bertz CT molecular complexity index is 853. The van der Waals surface area contributed by atoms with Gasteiger partial charge in [0.1, 0.15) is 11.6 Å². The second-order valence-corrected chi connectivity index (χ2v) is 6.56. The number of benzene rings is 2. The molecule has 2 amide bonds. The molecule has 1 heterocycles. The number of carbonyl (C=O) groups excluding carboxylic acids is 2. The van der Waals surface area contributed by atoms with Gasteiger partial charge in [-0.1, -0.05) is 25.1 Å². The highest BCUT2D eigenvalue weighted by Gasteiger charge is 2.24. The SMILES string of the molecule is CCc1cccc2c1N(C(=O)CCNC(=O)c1ccc(F)cc1F)CCC2. The number of carbonyl (C=O) groups is 2. The number of anilines is 1. The Labute approximate surface area is 157 Å². The molecule has 0 radical (unpaired) electrons. The van der Waals surface area contributed by atoms with Crippen molar-refractivity contribution in [2.24, 2.45) is 0 Å². The molecule has 6 heteroatoms. The summed E-state index contributed by atoms with van der Waals surface area (Å²) in [5.74, 6) is -2.39. The number of para-hydroxylation sites is 1. The lowest BCUT2D eigenvalue weighted by molar-refractivity contribution is -0.118. The minimum atomic E-state index is -0.920. The molecule has 2 aromatic rings. The molecular weight excluding hydrogens is 350 g/mol. The molecule has 0 bridgehead atoms. The van der Waals surface area contributed by atoms with E-state index in [9.17, 15) is 18.4 Å². The van der Waals surface area contributed by atoms with Gasteiger partial charge >= 0.3 is 0 Å². The molecule has 27 heavy (non-hydrogen) atoms.